The van der Waals surface area contributed by atoms with Gasteiger partial charge in [0.2, 0.25) is 5.91 Å². The van der Waals surface area contributed by atoms with Crippen LogP contribution in [0.5, 0.6) is 11.5 Å². The second kappa shape index (κ2) is 7.83. The molecule has 1 unspecified atom stereocenters. The average molecular weight is 339 g/mol. The topological polar surface area (TPSA) is 55.8 Å². The van der Waals surface area contributed by atoms with Crippen molar-refractivity contribution in [2.45, 2.75) is 25.9 Å². The van der Waals surface area contributed by atoms with Crippen LogP contribution in [0.1, 0.15) is 18.9 Å². The number of esters is 1. The molecule has 1 saturated heterocycles. The first-order valence-electron chi connectivity index (χ1n) is 8.37. The third-order valence-corrected chi connectivity index (χ3v) is 4.08. The number of amides is 1. The van der Waals surface area contributed by atoms with E-state index in [0.717, 1.165) is 23.5 Å². The van der Waals surface area contributed by atoms with Gasteiger partial charge in [0, 0.05) is 13.5 Å². The molecule has 0 radical (unpaired) electrons. The molecule has 2 aromatic rings. The Morgan fingerprint density at radius 1 is 1.08 bits per heavy atom. The van der Waals surface area contributed by atoms with E-state index in [1.165, 1.54) is 6.92 Å². The number of nitrogens with zero attached hydrogens (tertiary/aromatic N) is 1. The quantitative estimate of drug-likeness (QED) is 0.759. The number of hydrogen-bond acceptors (Lipinski definition) is 4. The molecule has 1 atom stereocenters. The van der Waals surface area contributed by atoms with Crippen molar-refractivity contribution in [2.75, 3.05) is 13.1 Å². The lowest BCUT2D eigenvalue weighted by Crippen LogP contribution is -2.29. The van der Waals surface area contributed by atoms with Gasteiger partial charge in [-0.05, 0) is 36.2 Å². The Morgan fingerprint density at radius 2 is 1.76 bits per heavy atom. The summed E-state index contributed by atoms with van der Waals surface area (Å²) in [4.78, 5) is 24.7. The minimum atomic E-state index is -0.339. The Labute approximate surface area is 147 Å². The zero-order valence-electron chi connectivity index (χ0n) is 14.2. The van der Waals surface area contributed by atoms with E-state index < -0.39 is 0 Å². The maximum Gasteiger partial charge on any atom is 0.302 e. The molecule has 130 valence electrons. The molecular formula is C20H21NO4. The van der Waals surface area contributed by atoms with E-state index in [1.807, 2.05) is 54.6 Å². The van der Waals surface area contributed by atoms with E-state index in [9.17, 15) is 9.59 Å². The van der Waals surface area contributed by atoms with Crippen LogP contribution in [0.15, 0.2) is 54.6 Å². The smallest absolute Gasteiger partial charge is 0.302 e. The van der Waals surface area contributed by atoms with E-state index in [1.54, 1.807) is 4.90 Å². The van der Waals surface area contributed by atoms with Crippen molar-refractivity contribution >= 4 is 11.9 Å². The lowest BCUT2D eigenvalue weighted by molar-refractivity contribution is -0.145. The van der Waals surface area contributed by atoms with Crippen LogP contribution in [0, 0.1) is 0 Å². The normalized spacial score (nSPS) is 16.8. The highest BCUT2D eigenvalue weighted by Gasteiger charge is 2.31. The van der Waals surface area contributed by atoms with Crippen LogP contribution in [0.2, 0.25) is 0 Å². The van der Waals surface area contributed by atoms with Gasteiger partial charge in [-0.15, -0.1) is 0 Å². The molecular weight excluding hydrogens is 318 g/mol. The summed E-state index contributed by atoms with van der Waals surface area (Å²) in [6.45, 7) is 2.47. The van der Waals surface area contributed by atoms with Gasteiger partial charge in [-0.25, -0.2) is 0 Å². The van der Waals surface area contributed by atoms with Crippen molar-refractivity contribution in [1.29, 1.82) is 0 Å². The molecule has 0 aromatic heterocycles. The summed E-state index contributed by atoms with van der Waals surface area (Å²) in [5, 5.41) is 0. The highest BCUT2D eigenvalue weighted by molar-refractivity contribution is 5.79. The molecule has 0 aliphatic carbocycles. The largest absolute Gasteiger partial charge is 0.460 e. The second-order valence-corrected chi connectivity index (χ2v) is 6.08. The minimum absolute atomic E-state index is 0.0373. The molecule has 0 spiro atoms. The number of benzene rings is 2. The number of ether oxygens (including phenoxy) is 2. The van der Waals surface area contributed by atoms with Crippen molar-refractivity contribution in [1.82, 2.24) is 4.90 Å². The number of hydrogen-bond donors (Lipinski definition) is 0. The van der Waals surface area contributed by atoms with Gasteiger partial charge < -0.3 is 14.4 Å². The van der Waals surface area contributed by atoms with Gasteiger partial charge in [0.05, 0.1) is 13.0 Å². The Morgan fingerprint density at radius 3 is 2.44 bits per heavy atom. The van der Waals surface area contributed by atoms with Gasteiger partial charge in [0.15, 0.2) is 0 Å². The van der Waals surface area contributed by atoms with Gasteiger partial charge in [-0.3, -0.25) is 9.59 Å². The molecule has 3 rings (SSSR count). The van der Waals surface area contributed by atoms with Gasteiger partial charge in [-0.2, -0.15) is 0 Å². The molecule has 0 N–H and O–H groups in total. The molecule has 2 aromatic carbocycles. The predicted octanol–water partition coefficient (Wildman–Crippen LogP) is 3.19. The minimum Gasteiger partial charge on any atom is -0.460 e. The van der Waals surface area contributed by atoms with Gasteiger partial charge in [-0.1, -0.05) is 30.3 Å². The molecule has 5 heteroatoms. The van der Waals surface area contributed by atoms with E-state index in [0.29, 0.717) is 13.1 Å². The molecule has 0 saturated carbocycles. The number of rotatable bonds is 6. The summed E-state index contributed by atoms with van der Waals surface area (Å²) in [7, 11) is 0. The van der Waals surface area contributed by atoms with Crippen molar-refractivity contribution in [3.63, 3.8) is 0 Å². The zero-order valence-corrected chi connectivity index (χ0v) is 14.2. The Bertz CT molecular complexity index is 727. The fourth-order valence-corrected chi connectivity index (χ4v) is 2.88. The van der Waals surface area contributed by atoms with Crippen LogP contribution in [0.3, 0.4) is 0 Å². The second-order valence-electron chi connectivity index (χ2n) is 6.08. The van der Waals surface area contributed by atoms with Crippen LogP contribution in [0.4, 0.5) is 0 Å². The van der Waals surface area contributed by atoms with E-state index >= 15 is 0 Å². The average Bonchev–Trinajstić information content (AvgIpc) is 2.94. The fourth-order valence-electron chi connectivity index (χ4n) is 2.88. The summed E-state index contributed by atoms with van der Waals surface area (Å²) < 4.78 is 10.9. The Hall–Kier alpha value is -2.82. The molecule has 1 aliphatic rings. The maximum atomic E-state index is 12.0. The SMILES string of the molecule is CC(=O)OC1CC(=O)N(CCc2ccc(Oc3ccccc3)cc2)C1. The number of carbonyl (C=O) groups is 2. The Kier molecular flexibility index (Phi) is 5.33. The van der Waals surface area contributed by atoms with E-state index in [2.05, 4.69) is 0 Å². The van der Waals surface area contributed by atoms with Crippen LogP contribution >= 0.6 is 0 Å². The number of carbonyl (C=O) groups excluding carboxylic acids is 2. The van der Waals surface area contributed by atoms with Crippen LogP contribution in [-0.4, -0.2) is 36.0 Å². The number of likely N-dealkylation sites (tertiary alicyclic amines) is 1. The molecule has 25 heavy (non-hydrogen) atoms. The zero-order chi connectivity index (χ0) is 17.6. The van der Waals surface area contributed by atoms with Crippen molar-refractivity contribution in [3.05, 3.63) is 60.2 Å². The van der Waals surface area contributed by atoms with Crippen molar-refractivity contribution < 1.29 is 19.1 Å². The van der Waals surface area contributed by atoms with Crippen LogP contribution in [-0.2, 0) is 20.7 Å². The highest BCUT2D eigenvalue weighted by atomic mass is 16.5. The lowest BCUT2D eigenvalue weighted by Gasteiger charge is -2.16. The fraction of sp³-hybridized carbons (Fsp3) is 0.300. The Balaban J connectivity index is 1.50. The molecule has 0 bridgehead atoms. The first-order valence-corrected chi connectivity index (χ1v) is 8.37. The summed E-state index contributed by atoms with van der Waals surface area (Å²) in [6.07, 6.45) is 0.722. The lowest BCUT2D eigenvalue weighted by atomic mass is 10.1. The van der Waals surface area contributed by atoms with Gasteiger partial charge in [0.1, 0.15) is 17.6 Å². The monoisotopic (exact) mass is 339 g/mol. The van der Waals surface area contributed by atoms with Gasteiger partial charge in [0.25, 0.3) is 0 Å². The van der Waals surface area contributed by atoms with Crippen LogP contribution in [0.25, 0.3) is 0 Å². The van der Waals surface area contributed by atoms with E-state index in [4.69, 9.17) is 9.47 Å². The van der Waals surface area contributed by atoms with Crippen LogP contribution < -0.4 is 4.74 Å². The molecule has 1 heterocycles. The van der Waals surface area contributed by atoms with Crippen molar-refractivity contribution in [2.24, 2.45) is 0 Å². The third kappa shape index (κ3) is 4.83. The summed E-state index contributed by atoms with van der Waals surface area (Å²) in [5.74, 6) is 1.28. The standard InChI is InChI=1S/C20H21NO4/c1-15(22)24-19-13-20(23)21(14-19)12-11-16-7-9-18(10-8-16)25-17-5-3-2-4-6-17/h2-10,19H,11-14H2,1H3. The molecule has 1 fully saturated rings. The van der Waals surface area contributed by atoms with E-state index in [-0.39, 0.29) is 24.4 Å². The van der Waals surface area contributed by atoms with Gasteiger partial charge >= 0.3 is 5.97 Å². The predicted molar refractivity (Wildman–Crippen MR) is 93.4 cm³/mol. The summed E-state index contributed by atoms with van der Waals surface area (Å²) in [6, 6.07) is 17.5. The highest BCUT2D eigenvalue weighted by Crippen LogP contribution is 2.22. The van der Waals surface area contributed by atoms with Crippen molar-refractivity contribution in [3.8, 4) is 11.5 Å². The first-order chi connectivity index (χ1) is 12.1. The molecule has 5 nitrogen and oxygen atoms in total. The summed E-state index contributed by atoms with van der Waals surface area (Å²) >= 11 is 0. The molecule has 1 aliphatic heterocycles. The maximum absolute atomic E-state index is 12.0. The first kappa shape index (κ1) is 17.0. The number of para-hydroxylation sites is 1. The molecule has 1 amide bonds. The summed E-state index contributed by atoms with van der Waals surface area (Å²) in [5.41, 5.74) is 1.13. The third-order valence-electron chi connectivity index (χ3n) is 4.08.